The van der Waals surface area contributed by atoms with Gasteiger partial charge in [0.25, 0.3) is 11.8 Å². The zero-order chi connectivity index (χ0) is 21.3. The van der Waals surface area contributed by atoms with Gasteiger partial charge in [-0.05, 0) is 60.0 Å². The number of benzene rings is 2. The van der Waals surface area contributed by atoms with E-state index in [2.05, 4.69) is 9.97 Å². The molecule has 1 fully saturated rings. The van der Waals surface area contributed by atoms with E-state index in [-0.39, 0.29) is 17.1 Å². The molecule has 5 nitrogen and oxygen atoms in total. The van der Waals surface area contributed by atoms with Crippen molar-refractivity contribution in [2.24, 2.45) is 0 Å². The van der Waals surface area contributed by atoms with E-state index in [0.29, 0.717) is 15.0 Å². The maximum atomic E-state index is 13.7. The van der Waals surface area contributed by atoms with E-state index >= 15 is 0 Å². The zero-order valence-corrected chi connectivity index (χ0v) is 17.9. The van der Waals surface area contributed by atoms with Crippen LogP contribution in [0.25, 0.3) is 6.08 Å². The Morgan fingerprint density at radius 2 is 2.00 bits per heavy atom. The number of rotatable bonds is 4. The molecule has 0 N–H and O–H groups in total. The van der Waals surface area contributed by atoms with Crippen molar-refractivity contribution in [1.29, 1.82) is 0 Å². The Balaban J connectivity index is 1.53. The Kier molecular flexibility index (Phi) is 5.80. The summed E-state index contributed by atoms with van der Waals surface area (Å²) in [4.78, 5) is 22.2. The lowest BCUT2D eigenvalue weighted by Crippen LogP contribution is -2.27. The molecule has 1 aliphatic rings. The van der Waals surface area contributed by atoms with E-state index in [1.165, 1.54) is 16.7 Å². The summed E-state index contributed by atoms with van der Waals surface area (Å²) in [6.07, 6.45) is 2.69. The number of carbonyl (C=O) groups is 1. The van der Waals surface area contributed by atoms with Gasteiger partial charge in [-0.1, -0.05) is 48.2 Å². The highest BCUT2D eigenvalue weighted by molar-refractivity contribution is 8.27. The standard InChI is InChI=1S/C21H13ClFN3O2S2/c1-12-3-2-4-14(9-12)26-19(27)17(30-21(26)29)10-13-5-7-15(8-6-13)28-18-16(23)11-24-20(22)25-18/h2-11H,1H3/b17-10+. The Hall–Kier alpha value is -2.81. The van der Waals surface area contributed by atoms with Crippen molar-refractivity contribution in [3.05, 3.63) is 81.9 Å². The number of carbonyl (C=O) groups excluding carboxylic acids is 1. The molecule has 0 atom stereocenters. The maximum absolute atomic E-state index is 13.7. The molecule has 2 heterocycles. The van der Waals surface area contributed by atoms with Crippen LogP contribution in [0.1, 0.15) is 11.1 Å². The summed E-state index contributed by atoms with van der Waals surface area (Å²) in [5.74, 6) is -0.785. The van der Waals surface area contributed by atoms with Crippen LogP contribution in [0.4, 0.5) is 10.1 Å². The third kappa shape index (κ3) is 4.35. The van der Waals surface area contributed by atoms with Crippen molar-refractivity contribution < 1.29 is 13.9 Å². The molecule has 1 amide bonds. The third-order valence-electron chi connectivity index (χ3n) is 4.13. The van der Waals surface area contributed by atoms with Crippen molar-refractivity contribution in [3.63, 3.8) is 0 Å². The molecule has 0 unspecified atom stereocenters. The fraction of sp³-hybridized carbons (Fsp3) is 0.0476. The molecule has 150 valence electrons. The topological polar surface area (TPSA) is 55.3 Å². The van der Waals surface area contributed by atoms with E-state index in [0.717, 1.165) is 23.0 Å². The number of thioether (sulfide) groups is 1. The molecular formula is C21H13ClFN3O2S2. The van der Waals surface area contributed by atoms with E-state index in [9.17, 15) is 9.18 Å². The number of hydrogen-bond donors (Lipinski definition) is 0. The molecule has 0 aliphatic carbocycles. The normalized spacial score (nSPS) is 15.2. The van der Waals surface area contributed by atoms with Crippen LogP contribution in [0.15, 0.2) is 59.6 Å². The number of amides is 1. The minimum Gasteiger partial charge on any atom is -0.436 e. The number of thiocarbonyl (C=S) groups is 1. The second-order valence-electron chi connectivity index (χ2n) is 6.32. The molecule has 2 aromatic carbocycles. The second-order valence-corrected chi connectivity index (χ2v) is 8.33. The first kappa shape index (κ1) is 20.5. The quantitative estimate of drug-likeness (QED) is 0.281. The molecule has 1 saturated heterocycles. The summed E-state index contributed by atoms with van der Waals surface area (Å²) < 4.78 is 19.6. The van der Waals surface area contributed by atoms with Crippen LogP contribution in [0.3, 0.4) is 0 Å². The molecular weight excluding hydrogens is 445 g/mol. The highest BCUT2D eigenvalue weighted by Gasteiger charge is 2.33. The van der Waals surface area contributed by atoms with Crippen molar-refractivity contribution in [1.82, 2.24) is 9.97 Å². The Morgan fingerprint density at radius 3 is 2.73 bits per heavy atom. The molecule has 4 rings (SSSR count). The first-order valence-electron chi connectivity index (χ1n) is 8.71. The highest BCUT2D eigenvalue weighted by Crippen LogP contribution is 2.36. The van der Waals surface area contributed by atoms with Crippen molar-refractivity contribution in [3.8, 4) is 11.6 Å². The van der Waals surface area contributed by atoms with Crippen LogP contribution in [-0.2, 0) is 4.79 Å². The number of halogens is 2. The third-order valence-corrected chi connectivity index (χ3v) is 5.61. The van der Waals surface area contributed by atoms with Gasteiger partial charge in [-0.25, -0.2) is 4.98 Å². The first-order valence-corrected chi connectivity index (χ1v) is 10.3. The van der Waals surface area contributed by atoms with E-state index in [1.54, 1.807) is 30.3 Å². The van der Waals surface area contributed by atoms with Gasteiger partial charge >= 0.3 is 0 Å². The van der Waals surface area contributed by atoms with Crippen LogP contribution in [0.2, 0.25) is 5.28 Å². The molecule has 3 aromatic rings. The summed E-state index contributed by atoms with van der Waals surface area (Å²) in [5.41, 5.74) is 2.56. The Morgan fingerprint density at radius 1 is 1.23 bits per heavy atom. The number of aryl methyl sites for hydroxylation is 1. The van der Waals surface area contributed by atoms with Gasteiger partial charge in [-0.2, -0.15) is 9.37 Å². The molecule has 1 aliphatic heterocycles. The van der Waals surface area contributed by atoms with Crippen LogP contribution >= 0.6 is 35.6 Å². The van der Waals surface area contributed by atoms with Gasteiger partial charge in [0, 0.05) is 0 Å². The van der Waals surface area contributed by atoms with Crippen LogP contribution in [-0.4, -0.2) is 20.2 Å². The lowest BCUT2D eigenvalue weighted by molar-refractivity contribution is -0.113. The summed E-state index contributed by atoms with van der Waals surface area (Å²) in [6.45, 7) is 1.96. The van der Waals surface area contributed by atoms with Crippen molar-refractivity contribution in [2.45, 2.75) is 6.92 Å². The summed E-state index contributed by atoms with van der Waals surface area (Å²) >= 11 is 12.3. The van der Waals surface area contributed by atoms with Gasteiger partial charge in [0.1, 0.15) is 5.75 Å². The predicted octanol–water partition coefficient (Wildman–Crippen LogP) is 5.78. The van der Waals surface area contributed by atoms with Gasteiger partial charge in [-0.3, -0.25) is 9.69 Å². The molecule has 0 bridgehead atoms. The monoisotopic (exact) mass is 457 g/mol. The van der Waals surface area contributed by atoms with Gasteiger partial charge in [0.05, 0.1) is 16.8 Å². The van der Waals surface area contributed by atoms with Gasteiger partial charge < -0.3 is 4.74 Å². The average molecular weight is 458 g/mol. The van der Waals surface area contributed by atoms with E-state index in [4.69, 9.17) is 28.6 Å². The number of aromatic nitrogens is 2. The fourth-order valence-corrected chi connectivity index (χ4v) is 4.18. The molecule has 0 saturated carbocycles. The smallest absolute Gasteiger partial charge is 0.270 e. The largest absolute Gasteiger partial charge is 0.436 e. The lowest BCUT2D eigenvalue weighted by atomic mass is 10.2. The fourth-order valence-electron chi connectivity index (χ4n) is 2.76. The Bertz CT molecular complexity index is 1190. The average Bonchev–Trinajstić information content (AvgIpc) is 2.99. The van der Waals surface area contributed by atoms with E-state index in [1.807, 2.05) is 31.2 Å². The summed E-state index contributed by atoms with van der Waals surface area (Å²) in [7, 11) is 0. The minimum atomic E-state index is -0.719. The van der Waals surface area contributed by atoms with Crippen LogP contribution in [0, 0.1) is 12.7 Å². The Labute approximate surface area is 186 Å². The molecule has 0 radical (unpaired) electrons. The lowest BCUT2D eigenvalue weighted by Gasteiger charge is -2.14. The molecule has 0 spiro atoms. The number of hydrogen-bond acceptors (Lipinski definition) is 6. The minimum absolute atomic E-state index is 0.112. The SMILES string of the molecule is Cc1cccc(N2C(=O)/C(=C\c3ccc(Oc4nc(Cl)ncc4F)cc3)SC2=S)c1. The second kappa shape index (κ2) is 8.51. The number of nitrogens with zero attached hydrogens (tertiary/aromatic N) is 3. The molecule has 1 aromatic heterocycles. The van der Waals surface area contributed by atoms with Gasteiger partial charge in [-0.15, -0.1) is 0 Å². The predicted molar refractivity (Wildman–Crippen MR) is 120 cm³/mol. The zero-order valence-electron chi connectivity index (χ0n) is 15.5. The number of ether oxygens (including phenoxy) is 1. The van der Waals surface area contributed by atoms with E-state index < -0.39 is 5.82 Å². The maximum Gasteiger partial charge on any atom is 0.270 e. The summed E-state index contributed by atoms with van der Waals surface area (Å²) in [5, 5.41) is -0.112. The van der Waals surface area contributed by atoms with Crippen LogP contribution in [0.5, 0.6) is 11.6 Å². The summed E-state index contributed by atoms with van der Waals surface area (Å²) in [6, 6.07) is 14.4. The van der Waals surface area contributed by atoms with Crippen LogP contribution < -0.4 is 9.64 Å². The highest BCUT2D eigenvalue weighted by atomic mass is 35.5. The number of anilines is 1. The van der Waals surface area contributed by atoms with Gasteiger partial charge in [0.2, 0.25) is 11.1 Å². The first-order chi connectivity index (χ1) is 14.4. The van der Waals surface area contributed by atoms with Gasteiger partial charge in [0.15, 0.2) is 4.32 Å². The molecule has 30 heavy (non-hydrogen) atoms. The van der Waals surface area contributed by atoms with Crippen molar-refractivity contribution in [2.75, 3.05) is 4.90 Å². The van der Waals surface area contributed by atoms with Crippen molar-refractivity contribution >= 4 is 57.6 Å². The molecule has 9 heteroatoms.